The zero-order valence-electron chi connectivity index (χ0n) is 9.41. The summed E-state index contributed by atoms with van der Waals surface area (Å²) in [4.78, 5) is 12.0. The van der Waals surface area contributed by atoms with E-state index in [9.17, 15) is 4.79 Å². The molecule has 2 rings (SSSR count). The van der Waals surface area contributed by atoms with Crippen LogP contribution >= 0.6 is 0 Å². The first-order valence-electron chi connectivity index (χ1n) is 5.28. The van der Waals surface area contributed by atoms with E-state index in [1.54, 1.807) is 6.20 Å². The van der Waals surface area contributed by atoms with E-state index in [-0.39, 0.29) is 17.9 Å². The maximum atomic E-state index is 12.0. The first kappa shape index (κ1) is 11.1. The number of carbonyl (C=O) groups excluding carboxylic acids is 1. The van der Waals surface area contributed by atoms with Crippen LogP contribution in [-0.4, -0.2) is 42.4 Å². The fourth-order valence-electron chi connectivity index (χ4n) is 1.79. The summed E-state index contributed by atoms with van der Waals surface area (Å²) in [5, 5.41) is 12.5. The van der Waals surface area contributed by atoms with Gasteiger partial charge in [-0.2, -0.15) is 5.10 Å². The monoisotopic (exact) mass is 224 g/mol. The molecule has 3 N–H and O–H groups in total. The van der Waals surface area contributed by atoms with Gasteiger partial charge in [-0.05, 0) is 14.0 Å². The summed E-state index contributed by atoms with van der Waals surface area (Å²) in [6.07, 6.45) is 1.68. The number of hydrogen-bond acceptors (Lipinski definition) is 4. The zero-order chi connectivity index (χ0) is 11.5. The fourth-order valence-corrected chi connectivity index (χ4v) is 1.79. The Balaban J connectivity index is 2.00. The Morgan fingerprint density at radius 3 is 3.06 bits per heavy atom. The molecule has 16 heavy (non-hydrogen) atoms. The lowest BCUT2D eigenvalue weighted by Crippen LogP contribution is -2.39. The number of rotatable bonds is 3. The van der Waals surface area contributed by atoms with Gasteiger partial charge in [0.25, 0.3) is 0 Å². The molecule has 0 radical (unpaired) electrons. The van der Waals surface area contributed by atoms with Crippen molar-refractivity contribution in [3.8, 4) is 0 Å². The molecule has 1 aliphatic rings. The Morgan fingerprint density at radius 2 is 2.44 bits per heavy atom. The van der Waals surface area contributed by atoms with Gasteiger partial charge < -0.3 is 15.4 Å². The number of hydrogen-bond donors (Lipinski definition) is 3. The van der Waals surface area contributed by atoms with E-state index in [0.29, 0.717) is 19.0 Å². The van der Waals surface area contributed by atoms with E-state index in [1.165, 1.54) is 0 Å². The third-order valence-corrected chi connectivity index (χ3v) is 2.87. The Kier molecular flexibility index (Phi) is 3.21. The van der Waals surface area contributed by atoms with E-state index in [1.807, 2.05) is 14.0 Å². The average molecular weight is 224 g/mol. The highest BCUT2D eigenvalue weighted by molar-refractivity contribution is 5.93. The van der Waals surface area contributed by atoms with Crippen LogP contribution in [0, 0.1) is 12.8 Å². The molecule has 1 amide bonds. The Labute approximate surface area is 93.8 Å². The van der Waals surface area contributed by atoms with Gasteiger partial charge in [0.1, 0.15) is 5.82 Å². The van der Waals surface area contributed by atoms with Crippen LogP contribution in [0.3, 0.4) is 0 Å². The summed E-state index contributed by atoms with van der Waals surface area (Å²) in [7, 11) is 1.83. The molecule has 1 fully saturated rings. The van der Waals surface area contributed by atoms with E-state index < -0.39 is 0 Å². The number of ether oxygens (including phenoxy) is 1. The second-order valence-corrected chi connectivity index (χ2v) is 3.96. The van der Waals surface area contributed by atoms with E-state index in [2.05, 4.69) is 20.8 Å². The number of likely N-dealkylation sites (N-methyl/N-ethyl adjacent to an activating group) is 1. The molecular formula is C10H16N4O2. The van der Waals surface area contributed by atoms with Gasteiger partial charge in [-0.3, -0.25) is 9.89 Å². The minimum atomic E-state index is -0.146. The SMILES string of the molecule is CNC1COCC1C(=O)Nc1[nH]ncc1C. The number of aromatic amines is 1. The lowest BCUT2D eigenvalue weighted by Gasteiger charge is -2.15. The molecule has 88 valence electrons. The van der Waals surface area contributed by atoms with Gasteiger partial charge in [-0.1, -0.05) is 0 Å². The lowest BCUT2D eigenvalue weighted by atomic mass is 10.0. The molecule has 0 saturated carbocycles. The van der Waals surface area contributed by atoms with E-state index in [0.717, 1.165) is 5.56 Å². The molecule has 1 aromatic rings. The largest absolute Gasteiger partial charge is 0.379 e. The van der Waals surface area contributed by atoms with Gasteiger partial charge >= 0.3 is 0 Å². The van der Waals surface area contributed by atoms with E-state index >= 15 is 0 Å². The highest BCUT2D eigenvalue weighted by Gasteiger charge is 2.33. The predicted molar refractivity (Wildman–Crippen MR) is 59.1 cm³/mol. The van der Waals surface area contributed by atoms with Crippen LogP contribution < -0.4 is 10.6 Å². The lowest BCUT2D eigenvalue weighted by molar-refractivity contribution is -0.120. The highest BCUT2D eigenvalue weighted by atomic mass is 16.5. The number of nitrogens with one attached hydrogen (secondary N) is 3. The second-order valence-electron chi connectivity index (χ2n) is 3.96. The Hall–Kier alpha value is -1.40. The molecule has 0 aromatic carbocycles. The summed E-state index contributed by atoms with van der Waals surface area (Å²) in [6.45, 7) is 2.93. The number of aromatic nitrogens is 2. The molecular weight excluding hydrogens is 208 g/mol. The first-order chi connectivity index (χ1) is 7.72. The van der Waals surface area contributed by atoms with Crippen molar-refractivity contribution in [2.45, 2.75) is 13.0 Å². The summed E-state index contributed by atoms with van der Waals surface area (Å²) < 4.78 is 5.28. The predicted octanol–water partition coefficient (Wildman–Crippen LogP) is -0.109. The van der Waals surface area contributed by atoms with Gasteiger partial charge in [0.2, 0.25) is 5.91 Å². The molecule has 0 spiro atoms. The normalized spacial score (nSPS) is 24.6. The quantitative estimate of drug-likeness (QED) is 0.669. The van der Waals surface area contributed by atoms with Crippen molar-refractivity contribution >= 4 is 11.7 Å². The summed E-state index contributed by atoms with van der Waals surface area (Å²) in [5.41, 5.74) is 0.924. The number of nitrogens with zero attached hydrogens (tertiary/aromatic N) is 1. The number of amides is 1. The molecule has 1 aromatic heterocycles. The fraction of sp³-hybridized carbons (Fsp3) is 0.600. The molecule has 6 nitrogen and oxygen atoms in total. The zero-order valence-corrected chi connectivity index (χ0v) is 9.41. The highest BCUT2D eigenvalue weighted by Crippen LogP contribution is 2.17. The van der Waals surface area contributed by atoms with Crippen molar-refractivity contribution in [2.75, 3.05) is 25.6 Å². The molecule has 2 atom stereocenters. The number of H-pyrrole nitrogens is 1. The van der Waals surface area contributed by atoms with Crippen molar-refractivity contribution in [3.63, 3.8) is 0 Å². The van der Waals surface area contributed by atoms with Crippen LogP contribution in [0.25, 0.3) is 0 Å². The number of aryl methyl sites for hydroxylation is 1. The molecule has 2 heterocycles. The first-order valence-corrected chi connectivity index (χ1v) is 5.28. The summed E-state index contributed by atoms with van der Waals surface area (Å²) in [5.74, 6) is 0.476. The smallest absolute Gasteiger partial charge is 0.232 e. The number of anilines is 1. The molecule has 1 aliphatic heterocycles. The van der Waals surface area contributed by atoms with Gasteiger partial charge in [0.05, 0.1) is 25.3 Å². The van der Waals surface area contributed by atoms with Crippen LogP contribution in [-0.2, 0) is 9.53 Å². The van der Waals surface area contributed by atoms with Crippen LogP contribution in [0.5, 0.6) is 0 Å². The van der Waals surface area contributed by atoms with Crippen LogP contribution in [0.4, 0.5) is 5.82 Å². The molecule has 0 bridgehead atoms. The van der Waals surface area contributed by atoms with Gasteiger partial charge in [0.15, 0.2) is 0 Å². The maximum absolute atomic E-state index is 12.0. The van der Waals surface area contributed by atoms with Crippen molar-refractivity contribution in [2.24, 2.45) is 5.92 Å². The third kappa shape index (κ3) is 2.07. The van der Waals surface area contributed by atoms with Crippen LogP contribution in [0.2, 0.25) is 0 Å². The van der Waals surface area contributed by atoms with E-state index in [4.69, 9.17) is 4.74 Å². The standard InChI is InChI=1S/C10H16N4O2/c1-6-3-12-14-9(6)13-10(15)7-4-16-5-8(7)11-2/h3,7-8,11H,4-5H2,1-2H3,(H2,12,13,14,15). The molecule has 6 heteroatoms. The summed E-state index contributed by atoms with van der Waals surface area (Å²) >= 11 is 0. The van der Waals surface area contributed by atoms with Gasteiger partial charge in [-0.15, -0.1) is 0 Å². The van der Waals surface area contributed by atoms with Gasteiger partial charge in [0, 0.05) is 11.6 Å². The molecule has 1 saturated heterocycles. The van der Waals surface area contributed by atoms with Gasteiger partial charge in [-0.25, -0.2) is 0 Å². The maximum Gasteiger partial charge on any atom is 0.232 e. The molecule has 2 unspecified atom stereocenters. The second kappa shape index (κ2) is 4.63. The van der Waals surface area contributed by atoms with Crippen molar-refractivity contribution in [3.05, 3.63) is 11.8 Å². The van der Waals surface area contributed by atoms with Crippen molar-refractivity contribution in [1.29, 1.82) is 0 Å². The number of carbonyl (C=O) groups is 1. The van der Waals surface area contributed by atoms with Crippen molar-refractivity contribution in [1.82, 2.24) is 15.5 Å². The third-order valence-electron chi connectivity index (χ3n) is 2.87. The van der Waals surface area contributed by atoms with Crippen LogP contribution in [0.15, 0.2) is 6.20 Å². The average Bonchev–Trinajstić information content (AvgIpc) is 2.87. The summed E-state index contributed by atoms with van der Waals surface area (Å²) in [6, 6.07) is 0.0863. The Bertz CT molecular complexity index is 377. The minimum Gasteiger partial charge on any atom is -0.379 e. The van der Waals surface area contributed by atoms with Crippen molar-refractivity contribution < 1.29 is 9.53 Å². The Morgan fingerprint density at radius 1 is 1.62 bits per heavy atom. The molecule has 0 aliphatic carbocycles. The van der Waals surface area contributed by atoms with Crippen LogP contribution in [0.1, 0.15) is 5.56 Å². The minimum absolute atomic E-state index is 0.0378. The topological polar surface area (TPSA) is 79.0 Å².